The Balaban J connectivity index is 2.03. The molecule has 25 heavy (non-hydrogen) atoms. The molecule has 2 aliphatic rings. The van der Waals surface area contributed by atoms with Crippen LogP contribution in [0, 0.1) is 0 Å². The summed E-state index contributed by atoms with van der Waals surface area (Å²) in [5.41, 5.74) is 0.665. The van der Waals surface area contributed by atoms with Gasteiger partial charge in [0.25, 0.3) is 15.9 Å². The average Bonchev–Trinajstić information content (AvgIpc) is 2.76. The van der Waals surface area contributed by atoms with E-state index in [-0.39, 0.29) is 22.7 Å². The maximum Gasteiger partial charge on any atom is 0.285 e. The van der Waals surface area contributed by atoms with E-state index in [1.54, 1.807) is 38.1 Å². The van der Waals surface area contributed by atoms with Crippen LogP contribution in [0.1, 0.15) is 45.1 Å². The number of nitrogens with one attached hydrogen (secondary N) is 1. The number of carbonyl (C=O) groups excluding carboxylic acids is 1. The second kappa shape index (κ2) is 6.80. The summed E-state index contributed by atoms with van der Waals surface area (Å²) in [4.78, 5) is 12.9. The van der Waals surface area contributed by atoms with Gasteiger partial charge in [-0.3, -0.25) is 4.79 Å². The maximum atomic E-state index is 13.0. The molecule has 1 aliphatic heterocycles. The lowest BCUT2D eigenvalue weighted by atomic mass is 9.93. The fourth-order valence-corrected chi connectivity index (χ4v) is 5.39. The van der Waals surface area contributed by atoms with E-state index >= 15 is 0 Å². The Hall–Kier alpha value is -1.86. The average molecular weight is 364 g/mol. The Kier molecular flexibility index (Phi) is 4.88. The van der Waals surface area contributed by atoms with Gasteiger partial charge in [-0.1, -0.05) is 30.3 Å². The highest BCUT2D eigenvalue weighted by molar-refractivity contribution is 7.99. The number of hydrogen-bond donors (Lipinski definition) is 2. The van der Waals surface area contributed by atoms with Crippen molar-refractivity contribution in [2.45, 2.75) is 57.7 Å². The molecule has 1 aliphatic carbocycles. The molecule has 2 N–H and O–H groups in total. The van der Waals surface area contributed by atoms with Crippen molar-refractivity contribution in [2.24, 2.45) is 0 Å². The topological polar surface area (TPSA) is 86.7 Å². The van der Waals surface area contributed by atoms with Crippen LogP contribution in [-0.4, -0.2) is 41.9 Å². The molecule has 1 amide bonds. The van der Waals surface area contributed by atoms with Gasteiger partial charge in [-0.15, -0.1) is 0 Å². The van der Waals surface area contributed by atoms with Crippen molar-refractivity contribution in [2.75, 3.05) is 0 Å². The number of benzene rings is 1. The van der Waals surface area contributed by atoms with Gasteiger partial charge < -0.3 is 10.4 Å². The normalized spacial score (nSPS) is 26.4. The summed E-state index contributed by atoms with van der Waals surface area (Å²) in [5.74, 6) is -0.500. The number of amides is 1. The summed E-state index contributed by atoms with van der Waals surface area (Å²) < 4.78 is 27.0. The molecule has 7 heteroatoms. The van der Waals surface area contributed by atoms with Gasteiger partial charge in [-0.25, -0.2) is 12.7 Å². The zero-order chi connectivity index (χ0) is 18.2. The molecule has 0 bridgehead atoms. The monoisotopic (exact) mass is 364 g/mol. The van der Waals surface area contributed by atoms with E-state index < -0.39 is 22.0 Å². The van der Waals surface area contributed by atoms with Crippen molar-refractivity contribution in [3.05, 3.63) is 41.6 Å². The van der Waals surface area contributed by atoms with Crippen LogP contribution in [0.15, 0.2) is 36.0 Å². The summed E-state index contributed by atoms with van der Waals surface area (Å²) in [6.07, 6.45) is 2.42. The fourth-order valence-electron chi connectivity index (χ4n) is 3.49. The lowest BCUT2D eigenvalue weighted by Crippen LogP contribution is -2.41. The van der Waals surface area contributed by atoms with E-state index in [1.807, 2.05) is 6.07 Å². The number of aliphatic hydroxyl groups is 1. The largest absolute Gasteiger partial charge is 0.393 e. The van der Waals surface area contributed by atoms with Gasteiger partial charge in [-0.2, -0.15) is 0 Å². The van der Waals surface area contributed by atoms with Crippen molar-refractivity contribution < 1.29 is 18.3 Å². The molecule has 0 atom stereocenters. The van der Waals surface area contributed by atoms with Crippen molar-refractivity contribution in [1.82, 2.24) is 9.62 Å². The number of sulfonamides is 1. The number of aliphatic hydroxyl groups excluding tert-OH is 1. The molecule has 6 nitrogen and oxygen atoms in total. The van der Waals surface area contributed by atoms with Gasteiger partial charge in [0.2, 0.25) is 0 Å². The third-order valence-electron chi connectivity index (χ3n) is 4.71. The zero-order valence-electron chi connectivity index (χ0n) is 14.5. The SMILES string of the molecule is CC(C)N1C(=O)C(NC2CCC(O)CC2)=C(c2ccccc2)S1(=O)=O. The summed E-state index contributed by atoms with van der Waals surface area (Å²) in [5, 5.41) is 12.8. The molecule has 0 spiro atoms. The summed E-state index contributed by atoms with van der Waals surface area (Å²) in [7, 11) is -3.89. The quantitative estimate of drug-likeness (QED) is 0.851. The Bertz CT molecular complexity index is 779. The highest BCUT2D eigenvalue weighted by Crippen LogP contribution is 2.36. The van der Waals surface area contributed by atoms with Gasteiger partial charge in [0.15, 0.2) is 0 Å². The first-order valence-corrected chi connectivity index (χ1v) is 10.1. The predicted octanol–water partition coefficient (Wildman–Crippen LogP) is 1.83. The molecule has 0 aromatic heterocycles. The maximum absolute atomic E-state index is 13.0. The summed E-state index contributed by atoms with van der Waals surface area (Å²) >= 11 is 0. The Labute approximate surface area is 148 Å². The van der Waals surface area contributed by atoms with Crippen molar-refractivity contribution in [1.29, 1.82) is 0 Å². The van der Waals surface area contributed by atoms with Crippen LogP contribution in [0.3, 0.4) is 0 Å². The molecule has 1 heterocycles. The van der Waals surface area contributed by atoms with E-state index in [4.69, 9.17) is 0 Å². The van der Waals surface area contributed by atoms with Crippen LogP contribution < -0.4 is 5.32 Å². The highest BCUT2D eigenvalue weighted by atomic mass is 32.2. The molecule has 136 valence electrons. The molecule has 0 unspecified atom stereocenters. The van der Waals surface area contributed by atoms with E-state index in [0.29, 0.717) is 31.2 Å². The minimum absolute atomic E-state index is 0.0108. The molecule has 0 saturated heterocycles. The molecule has 0 radical (unpaired) electrons. The van der Waals surface area contributed by atoms with Gasteiger partial charge in [-0.05, 0) is 45.1 Å². The molecular weight excluding hydrogens is 340 g/mol. The second-order valence-corrected chi connectivity index (χ2v) is 8.67. The Morgan fingerprint density at radius 1 is 1.12 bits per heavy atom. The number of nitrogens with zero attached hydrogens (tertiary/aromatic N) is 1. The first-order valence-electron chi connectivity index (χ1n) is 8.65. The summed E-state index contributed by atoms with van der Waals surface area (Å²) in [6.45, 7) is 3.38. The molecule has 1 aromatic rings. The van der Waals surface area contributed by atoms with Gasteiger partial charge in [0.05, 0.1) is 6.10 Å². The minimum Gasteiger partial charge on any atom is -0.393 e. The number of hydrogen-bond acceptors (Lipinski definition) is 5. The predicted molar refractivity (Wildman–Crippen MR) is 95.7 cm³/mol. The standard InChI is InChI=1S/C18H24N2O4S/c1-12(2)20-18(22)16(19-14-8-10-15(21)11-9-14)17(25(20,23)24)13-6-4-3-5-7-13/h3-7,12,14-15,19,21H,8-11H2,1-2H3. The molecule has 1 fully saturated rings. The van der Waals surface area contributed by atoms with Gasteiger partial charge in [0, 0.05) is 12.1 Å². The minimum atomic E-state index is -3.89. The van der Waals surface area contributed by atoms with Crippen LogP contribution in [0.25, 0.3) is 4.91 Å². The van der Waals surface area contributed by atoms with Gasteiger partial charge in [0.1, 0.15) is 10.6 Å². The third kappa shape index (κ3) is 3.30. The molecule has 1 saturated carbocycles. The third-order valence-corrected chi connectivity index (χ3v) is 6.77. The van der Waals surface area contributed by atoms with E-state index in [9.17, 15) is 18.3 Å². The first-order chi connectivity index (χ1) is 11.8. The fraction of sp³-hybridized carbons (Fsp3) is 0.500. The Morgan fingerprint density at radius 3 is 2.28 bits per heavy atom. The summed E-state index contributed by atoms with van der Waals surface area (Å²) in [6, 6.07) is 8.27. The molecule has 1 aromatic carbocycles. The molecular formula is C18H24N2O4S. The smallest absolute Gasteiger partial charge is 0.285 e. The van der Waals surface area contributed by atoms with Crippen LogP contribution in [-0.2, 0) is 14.8 Å². The second-order valence-electron chi connectivity index (χ2n) is 6.92. The zero-order valence-corrected chi connectivity index (χ0v) is 15.3. The van der Waals surface area contributed by atoms with Crippen molar-refractivity contribution in [3.8, 4) is 0 Å². The number of carbonyl (C=O) groups is 1. The van der Waals surface area contributed by atoms with Crippen LogP contribution in [0.4, 0.5) is 0 Å². The lowest BCUT2D eigenvalue weighted by molar-refractivity contribution is -0.123. The van der Waals surface area contributed by atoms with Crippen LogP contribution in [0.2, 0.25) is 0 Å². The van der Waals surface area contributed by atoms with E-state index in [0.717, 1.165) is 4.31 Å². The first kappa shape index (κ1) is 17.9. The van der Waals surface area contributed by atoms with Crippen LogP contribution in [0.5, 0.6) is 0 Å². The van der Waals surface area contributed by atoms with Crippen molar-refractivity contribution >= 4 is 20.8 Å². The Morgan fingerprint density at radius 2 is 1.72 bits per heavy atom. The van der Waals surface area contributed by atoms with Crippen LogP contribution >= 0.6 is 0 Å². The van der Waals surface area contributed by atoms with E-state index in [1.165, 1.54) is 0 Å². The highest BCUT2D eigenvalue weighted by Gasteiger charge is 2.46. The van der Waals surface area contributed by atoms with E-state index in [2.05, 4.69) is 5.32 Å². The van der Waals surface area contributed by atoms with Crippen molar-refractivity contribution in [3.63, 3.8) is 0 Å². The number of rotatable bonds is 4. The van der Waals surface area contributed by atoms with Gasteiger partial charge >= 0.3 is 0 Å². The lowest BCUT2D eigenvalue weighted by Gasteiger charge is -2.27. The molecule has 3 rings (SSSR count).